The third kappa shape index (κ3) is 3.38. The van der Waals surface area contributed by atoms with Crippen molar-refractivity contribution in [3.8, 4) is 10.6 Å². The molecule has 1 N–H and O–H groups in total. The number of halogens is 1. The van der Waals surface area contributed by atoms with Gasteiger partial charge in [-0.3, -0.25) is 4.79 Å². The fourth-order valence-electron chi connectivity index (χ4n) is 2.06. The Morgan fingerprint density at radius 3 is 2.61 bits per heavy atom. The van der Waals surface area contributed by atoms with Crippen molar-refractivity contribution in [3.05, 3.63) is 47.5 Å². The van der Waals surface area contributed by atoms with E-state index in [1.807, 2.05) is 51.1 Å². The molecule has 3 rings (SSSR count). The van der Waals surface area contributed by atoms with Crippen LogP contribution in [0.3, 0.4) is 0 Å². The van der Waals surface area contributed by atoms with Gasteiger partial charge in [-0.25, -0.2) is 4.98 Å². The zero-order chi connectivity index (χ0) is 16.6. The molecule has 0 aliphatic carbocycles. The van der Waals surface area contributed by atoms with E-state index in [1.54, 1.807) is 17.4 Å². The first-order chi connectivity index (χ1) is 10.8. The number of para-hydroxylation sites is 1. The molecular formula is C18H17ClN2OS. The molecule has 0 radical (unpaired) electrons. The van der Waals surface area contributed by atoms with Crippen LogP contribution < -0.4 is 5.32 Å². The number of carbonyl (C=O) groups excluding carboxylic acids is 1. The van der Waals surface area contributed by atoms with E-state index in [2.05, 4.69) is 16.4 Å². The summed E-state index contributed by atoms with van der Waals surface area (Å²) in [6, 6.07) is 13.6. The Labute approximate surface area is 144 Å². The molecule has 0 atom stereocenters. The third-order valence-corrected chi connectivity index (χ3v) is 4.85. The van der Waals surface area contributed by atoms with E-state index in [1.165, 1.54) is 0 Å². The van der Waals surface area contributed by atoms with Gasteiger partial charge in [0.1, 0.15) is 5.01 Å². The molecule has 0 bridgehead atoms. The Hall–Kier alpha value is -1.91. The van der Waals surface area contributed by atoms with Crippen molar-refractivity contribution >= 4 is 44.7 Å². The lowest BCUT2D eigenvalue weighted by Crippen LogP contribution is -2.27. The van der Waals surface area contributed by atoms with Crippen LogP contribution in [0.5, 0.6) is 0 Å². The van der Waals surface area contributed by atoms with Gasteiger partial charge in [0.25, 0.3) is 0 Å². The van der Waals surface area contributed by atoms with Crippen molar-refractivity contribution in [2.24, 2.45) is 5.41 Å². The predicted molar refractivity (Wildman–Crippen MR) is 98.2 cm³/mol. The van der Waals surface area contributed by atoms with Gasteiger partial charge in [-0.1, -0.05) is 50.6 Å². The average Bonchev–Trinajstić information content (AvgIpc) is 2.92. The second-order valence-corrected chi connectivity index (χ2v) is 7.82. The normalized spacial score (nSPS) is 11.7. The molecule has 1 aromatic heterocycles. The van der Waals surface area contributed by atoms with E-state index in [9.17, 15) is 4.79 Å². The summed E-state index contributed by atoms with van der Waals surface area (Å²) in [4.78, 5) is 16.8. The second-order valence-electron chi connectivity index (χ2n) is 6.39. The van der Waals surface area contributed by atoms with Crippen molar-refractivity contribution in [3.63, 3.8) is 0 Å². The first-order valence-electron chi connectivity index (χ1n) is 7.31. The summed E-state index contributed by atoms with van der Waals surface area (Å²) in [7, 11) is 0. The molecule has 3 nitrogen and oxygen atoms in total. The number of carbonyl (C=O) groups is 1. The Morgan fingerprint density at radius 1 is 1.17 bits per heavy atom. The van der Waals surface area contributed by atoms with E-state index >= 15 is 0 Å². The molecule has 1 amide bonds. The van der Waals surface area contributed by atoms with E-state index in [0.29, 0.717) is 10.7 Å². The number of hydrogen-bond donors (Lipinski definition) is 1. The number of nitrogens with zero attached hydrogens (tertiary/aromatic N) is 1. The zero-order valence-electron chi connectivity index (χ0n) is 13.2. The minimum Gasteiger partial charge on any atom is -0.324 e. The third-order valence-electron chi connectivity index (χ3n) is 3.44. The monoisotopic (exact) mass is 344 g/mol. The van der Waals surface area contributed by atoms with Gasteiger partial charge in [0.05, 0.1) is 20.9 Å². The molecule has 0 aliphatic heterocycles. The van der Waals surface area contributed by atoms with Gasteiger partial charge in [-0.2, -0.15) is 0 Å². The highest BCUT2D eigenvalue weighted by Crippen LogP contribution is 2.34. The summed E-state index contributed by atoms with van der Waals surface area (Å²) in [5.41, 5.74) is 2.06. The van der Waals surface area contributed by atoms with Crippen LogP contribution in [-0.4, -0.2) is 10.9 Å². The Bertz CT molecular complexity index is 847. The van der Waals surface area contributed by atoms with Gasteiger partial charge in [-0.05, 0) is 24.3 Å². The maximum atomic E-state index is 12.2. The SMILES string of the molecule is CC(C)(C)C(=O)Nc1cc(-c2nc3ccccc3s2)ccc1Cl. The highest BCUT2D eigenvalue weighted by molar-refractivity contribution is 7.21. The average molecular weight is 345 g/mol. The lowest BCUT2D eigenvalue weighted by molar-refractivity contribution is -0.123. The summed E-state index contributed by atoms with van der Waals surface area (Å²) in [5, 5.41) is 4.33. The van der Waals surface area contributed by atoms with Crippen LogP contribution in [0, 0.1) is 5.41 Å². The summed E-state index contributed by atoms with van der Waals surface area (Å²) < 4.78 is 1.14. The van der Waals surface area contributed by atoms with Crippen LogP contribution in [0.25, 0.3) is 20.8 Å². The van der Waals surface area contributed by atoms with Gasteiger partial charge in [0.2, 0.25) is 5.91 Å². The van der Waals surface area contributed by atoms with Crippen LogP contribution in [0.2, 0.25) is 5.02 Å². The number of rotatable bonds is 2. The highest BCUT2D eigenvalue weighted by Gasteiger charge is 2.22. The molecule has 0 saturated carbocycles. The fraction of sp³-hybridized carbons (Fsp3) is 0.222. The first kappa shape index (κ1) is 16.0. The molecule has 118 valence electrons. The first-order valence-corrected chi connectivity index (χ1v) is 8.51. The number of thiazole rings is 1. The lowest BCUT2D eigenvalue weighted by Gasteiger charge is -2.18. The van der Waals surface area contributed by atoms with Crippen LogP contribution in [0.15, 0.2) is 42.5 Å². The highest BCUT2D eigenvalue weighted by atomic mass is 35.5. The van der Waals surface area contributed by atoms with Crippen molar-refractivity contribution in [1.29, 1.82) is 0 Å². The minimum absolute atomic E-state index is 0.0687. The standard InChI is InChI=1S/C18H17ClN2OS/c1-18(2,3)17(22)21-14-10-11(8-9-12(14)19)16-20-13-6-4-5-7-15(13)23-16/h4-10H,1-3H3,(H,21,22). The predicted octanol–water partition coefficient (Wildman–Crippen LogP) is 5.60. The summed E-state index contributed by atoms with van der Waals surface area (Å²) in [5.74, 6) is -0.0687. The smallest absolute Gasteiger partial charge is 0.229 e. The lowest BCUT2D eigenvalue weighted by atomic mass is 9.95. The molecular weight excluding hydrogens is 328 g/mol. The number of hydrogen-bond acceptors (Lipinski definition) is 3. The maximum absolute atomic E-state index is 12.2. The van der Waals surface area contributed by atoms with E-state index in [0.717, 1.165) is 20.8 Å². The van der Waals surface area contributed by atoms with E-state index < -0.39 is 5.41 Å². The molecule has 0 saturated heterocycles. The molecule has 23 heavy (non-hydrogen) atoms. The topological polar surface area (TPSA) is 42.0 Å². The van der Waals surface area contributed by atoms with Crippen molar-refractivity contribution < 1.29 is 4.79 Å². The molecule has 1 heterocycles. The van der Waals surface area contributed by atoms with Crippen LogP contribution in [0.1, 0.15) is 20.8 Å². The largest absolute Gasteiger partial charge is 0.324 e. The minimum atomic E-state index is -0.477. The van der Waals surface area contributed by atoms with Crippen molar-refractivity contribution in [2.45, 2.75) is 20.8 Å². The molecule has 2 aromatic carbocycles. The van der Waals surface area contributed by atoms with Gasteiger partial charge in [0.15, 0.2) is 0 Å². The molecule has 0 unspecified atom stereocenters. The summed E-state index contributed by atoms with van der Waals surface area (Å²) in [6.45, 7) is 5.61. The molecule has 3 aromatic rings. The Kier molecular flexibility index (Phi) is 4.13. The number of benzene rings is 2. The fourth-order valence-corrected chi connectivity index (χ4v) is 3.19. The van der Waals surface area contributed by atoms with Gasteiger partial charge >= 0.3 is 0 Å². The number of aromatic nitrogens is 1. The molecule has 0 fully saturated rings. The summed E-state index contributed by atoms with van der Waals surface area (Å²) in [6.07, 6.45) is 0. The molecule has 5 heteroatoms. The number of nitrogens with one attached hydrogen (secondary N) is 1. The van der Waals surface area contributed by atoms with Crippen LogP contribution in [-0.2, 0) is 4.79 Å². The van der Waals surface area contributed by atoms with Crippen LogP contribution in [0.4, 0.5) is 5.69 Å². The Balaban J connectivity index is 1.98. The van der Waals surface area contributed by atoms with Gasteiger partial charge in [-0.15, -0.1) is 11.3 Å². The van der Waals surface area contributed by atoms with Crippen molar-refractivity contribution in [1.82, 2.24) is 4.98 Å². The van der Waals surface area contributed by atoms with E-state index in [-0.39, 0.29) is 5.91 Å². The second kappa shape index (κ2) is 5.95. The van der Waals surface area contributed by atoms with Crippen LogP contribution >= 0.6 is 22.9 Å². The quantitative estimate of drug-likeness (QED) is 0.657. The maximum Gasteiger partial charge on any atom is 0.229 e. The van der Waals surface area contributed by atoms with Crippen molar-refractivity contribution in [2.75, 3.05) is 5.32 Å². The van der Waals surface area contributed by atoms with Gasteiger partial charge < -0.3 is 5.32 Å². The number of anilines is 1. The summed E-state index contributed by atoms with van der Waals surface area (Å²) >= 11 is 7.85. The number of fused-ring (bicyclic) bond motifs is 1. The number of amides is 1. The molecule has 0 aliphatic rings. The molecule has 0 spiro atoms. The Morgan fingerprint density at radius 2 is 1.91 bits per heavy atom. The van der Waals surface area contributed by atoms with E-state index in [4.69, 9.17) is 11.6 Å². The van der Waals surface area contributed by atoms with Gasteiger partial charge in [0, 0.05) is 11.0 Å². The zero-order valence-corrected chi connectivity index (χ0v) is 14.8.